The molecule has 0 saturated heterocycles. The molecule has 0 aromatic heterocycles. The van der Waals surface area contributed by atoms with E-state index in [0.717, 1.165) is 12.3 Å². The molecule has 5 heteroatoms. The first kappa shape index (κ1) is 16.5. The van der Waals surface area contributed by atoms with Crippen LogP contribution in [0.2, 0.25) is 0 Å². The van der Waals surface area contributed by atoms with Crippen LogP contribution < -0.4 is 5.32 Å². The molecule has 0 spiro atoms. The number of aryl methyl sites for hydroxylation is 1. The SMILES string of the molecule is CCNC(CSCCS(C)(=O)=O)c1ccc(C)cc1. The van der Waals surface area contributed by atoms with Gasteiger partial charge in [-0.3, -0.25) is 0 Å². The van der Waals surface area contributed by atoms with E-state index < -0.39 is 9.84 Å². The Kier molecular flexibility index (Phi) is 6.89. The molecule has 1 aromatic rings. The zero-order valence-electron chi connectivity index (χ0n) is 11.8. The van der Waals surface area contributed by atoms with Gasteiger partial charge in [0.1, 0.15) is 9.84 Å². The van der Waals surface area contributed by atoms with Crippen LogP contribution >= 0.6 is 11.8 Å². The van der Waals surface area contributed by atoms with Crippen LogP contribution in [0, 0.1) is 6.92 Å². The quantitative estimate of drug-likeness (QED) is 0.749. The lowest BCUT2D eigenvalue weighted by Crippen LogP contribution is -2.23. The maximum Gasteiger partial charge on any atom is 0.148 e. The third kappa shape index (κ3) is 6.99. The van der Waals surface area contributed by atoms with Gasteiger partial charge in [0.05, 0.1) is 5.75 Å². The summed E-state index contributed by atoms with van der Waals surface area (Å²) in [6.45, 7) is 5.07. The lowest BCUT2D eigenvalue weighted by atomic mass is 10.1. The highest BCUT2D eigenvalue weighted by atomic mass is 32.2. The van der Waals surface area contributed by atoms with Gasteiger partial charge in [-0.25, -0.2) is 8.42 Å². The molecule has 1 atom stereocenters. The molecular formula is C14H23NO2S2. The van der Waals surface area contributed by atoms with Crippen molar-refractivity contribution in [2.75, 3.05) is 30.1 Å². The van der Waals surface area contributed by atoms with Crippen LogP contribution in [0.4, 0.5) is 0 Å². The number of nitrogens with one attached hydrogen (secondary N) is 1. The molecule has 1 aromatic carbocycles. The number of thioether (sulfide) groups is 1. The van der Waals surface area contributed by atoms with E-state index in [-0.39, 0.29) is 11.8 Å². The third-order valence-corrected chi connectivity index (χ3v) is 5.08. The molecule has 1 unspecified atom stereocenters. The van der Waals surface area contributed by atoms with Crippen LogP contribution in [-0.2, 0) is 9.84 Å². The number of rotatable bonds is 8. The van der Waals surface area contributed by atoms with E-state index in [1.807, 2.05) is 0 Å². The average molecular weight is 301 g/mol. The number of hydrogen-bond donors (Lipinski definition) is 1. The molecule has 0 fully saturated rings. The van der Waals surface area contributed by atoms with E-state index >= 15 is 0 Å². The molecular weight excluding hydrogens is 278 g/mol. The van der Waals surface area contributed by atoms with Crippen LogP contribution in [0.25, 0.3) is 0 Å². The minimum atomic E-state index is -2.85. The minimum Gasteiger partial charge on any atom is -0.310 e. The normalized spacial score (nSPS) is 13.4. The molecule has 0 bridgehead atoms. The van der Waals surface area contributed by atoms with Gasteiger partial charge < -0.3 is 5.32 Å². The van der Waals surface area contributed by atoms with Gasteiger partial charge in [0.15, 0.2) is 0 Å². The lowest BCUT2D eigenvalue weighted by Gasteiger charge is -2.18. The van der Waals surface area contributed by atoms with Crippen molar-refractivity contribution in [3.63, 3.8) is 0 Å². The summed E-state index contributed by atoms with van der Waals surface area (Å²) >= 11 is 1.69. The first-order chi connectivity index (χ1) is 8.92. The second kappa shape index (κ2) is 7.92. The van der Waals surface area contributed by atoms with E-state index in [1.165, 1.54) is 17.4 Å². The van der Waals surface area contributed by atoms with Crippen molar-refractivity contribution in [2.24, 2.45) is 0 Å². The van der Waals surface area contributed by atoms with Crippen molar-refractivity contribution in [1.82, 2.24) is 5.32 Å². The second-order valence-corrected chi connectivity index (χ2v) is 8.14. The summed E-state index contributed by atoms with van der Waals surface area (Å²) in [7, 11) is -2.85. The highest BCUT2D eigenvalue weighted by Crippen LogP contribution is 2.19. The number of benzene rings is 1. The highest BCUT2D eigenvalue weighted by Gasteiger charge is 2.10. The van der Waals surface area contributed by atoms with Crippen molar-refractivity contribution < 1.29 is 8.42 Å². The summed E-state index contributed by atoms with van der Waals surface area (Å²) in [6, 6.07) is 8.79. The Bertz CT molecular complexity index is 469. The Hall–Kier alpha value is -0.520. The third-order valence-electron chi connectivity index (χ3n) is 2.81. The zero-order chi connectivity index (χ0) is 14.3. The monoisotopic (exact) mass is 301 g/mol. The largest absolute Gasteiger partial charge is 0.310 e. The summed E-state index contributed by atoms with van der Waals surface area (Å²) in [6.07, 6.45) is 1.29. The van der Waals surface area contributed by atoms with Crippen LogP contribution in [-0.4, -0.2) is 38.5 Å². The summed E-state index contributed by atoms with van der Waals surface area (Å²) in [5.41, 5.74) is 2.52. The predicted molar refractivity (Wildman–Crippen MR) is 84.6 cm³/mol. The topological polar surface area (TPSA) is 46.2 Å². The lowest BCUT2D eigenvalue weighted by molar-refractivity contribution is 0.602. The molecule has 19 heavy (non-hydrogen) atoms. The Morgan fingerprint density at radius 3 is 2.42 bits per heavy atom. The first-order valence-electron chi connectivity index (χ1n) is 6.48. The highest BCUT2D eigenvalue weighted by molar-refractivity contribution is 8.00. The van der Waals surface area contributed by atoms with E-state index in [1.54, 1.807) is 11.8 Å². The van der Waals surface area contributed by atoms with Gasteiger partial charge in [0, 0.05) is 23.8 Å². The number of sulfone groups is 1. The summed E-state index contributed by atoms with van der Waals surface area (Å²) < 4.78 is 22.2. The van der Waals surface area contributed by atoms with Crippen LogP contribution in [0.3, 0.4) is 0 Å². The average Bonchev–Trinajstić information content (AvgIpc) is 2.33. The molecule has 0 heterocycles. The molecule has 0 saturated carbocycles. The van der Waals surface area contributed by atoms with Crippen molar-refractivity contribution in [2.45, 2.75) is 19.9 Å². The molecule has 0 aliphatic heterocycles. The van der Waals surface area contributed by atoms with Crippen LogP contribution in [0.1, 0.15) is 24.1 Å². The van der Waals surface area contributed by atoms with Gasteiger partial charge in [-0.1, -0.05) is 36.8 Å². The van der Waals surface area contributed by atoms with E-state index in [2.05, 4.69) is 43.4 Å². The van der Waals surface area contributed by atoms with Crippen molar-refractivity contribution in [3.05, 3.63) is 35.4 Å². The Morgan fingerprint density at radius 1 is 1.26 bits per heavy atom. The Morgan fingerprint density at radius 2 is 1.89 bits per heavy atom. The summed E-state index contributed by atoms with van der Waals surface area (Å²) in [5, 5.41) is 3.45. The van der Waals surface area contributed by atoms with E-state index in [9.17, 15) is 8.42 Å². The van der Waals surface area contributed by atoms with Gasteiger partial charge in [-0.2, -0.15) is 11.8 Å². The standard InChI is InChI=1S/C14H23NO2S2/c1-4-15-14(11-18-9-10-19(3,16)17)13-7-5-12(2)6-8-13/h5-8,14-15H,4,9-11H2,1-3H3. The van der Waals surface area contributed by atoms with Gasteiger partial charge >= 0.3 is 0 Å². The second-order valence-electron chi connectivity index (χ2n) is 4.73. The maximum atomic E-state index is 11.1. The van der Waals surface area contributed by atoms with Gasteiger partial charge in [0.2, 0.25) is 0 Å². The summed E-state index contributed by atoms with van der Waals surface area (Å²) in [4.78, 5) is 0. The van der Waals surface area contributed by atoms with Crippen LogP contribution in [0.15, 0.2) is 24.3 Å². The molecule has 1 rings (SSSR count). The van der Waals surface area contributed by atoms with Crippen molar-refractivity contribution in [3.8, 4) is 0 Å². The molecule has 108 valence electrons. The molecule has 0 aliphatic rings. The van der Waals surface area contributed by atoms with Crippen molar-refractivity contribution in [1.29, 1.82) is 0 Å². The fraction of sp³-hybridized carbons (Fsp3) is 0.571. The molecule has 0 radical (unpaired) electrons. The zero-order valence-corrected chi connectivity index (χ0v) is 13.5. The maximum absolute atomic E-state index is 11.1. The Balaban J connectivity index is 2.51. The molecule has 0 amide bonds. The van der Waals surface area contributed by atoms with Gasteiger partial charge in [-0.05, 0) is 19.0 Å². The van der Waals surface area contributed by atoms with Gasteiger partial charge in [-0.15, -0.1) is 0 Å². The van der Waals surface area contributed by atoms with E-state index in [0.29, 0.717) is 5.75 Å². The predicted octanol–water partition coefficient (Wildman–Crippen LogP) is 2.42. The molecule has 0 aliphatic carbocycles. The fourth-order valence-electron chi connectivity index (χ4n) is 1.73. The first-order valence-corrected chi connectivity index (χ1v) is 9.69. The minimum absolute atomic E-state index is 0.254. The summed E-state index contributed by atoms with van der Waals surface area (Å²) in [5.74, 6) is 1.81. The smallest absolute Gasteiger partial charge is 0.148 e. The molecule has 1 N–H and O–H groups in total. The Labute approximate surface area is 121 Å². The fourth-order valence-corrected chi connectivity index (χ4v) is 4.12. The van der Waals surface area contributed by atoms with Crippen molar-refractivity contribution >= 4 is 21.6 Å². The van der Waals surface area contributed by atoms with Crippen LogP contribution in [0.5, 0.6) is 0 Å². The van der Waals surface area contributed by atoms with Gasteiger partial charge in [0.25, 0.3) is 0 Å². The van der Waals surface area contributed by atoms with E-state index in [4.69, 9.17) is 0 Å². The number of hydrogen-bond acceptors (Lipinski definition) is 4. The molecule has 3 nitrogen and oxygen atoms in total.